The fraction of sp³-hybridized carbons (Fsp3) is 0.250. The molecule has 2 aromatic rings. The van der Waals surface area contributed by atoms with Gasteiger partial charge in [-0.25, -0.2) is 4.39 Å². The summed E-state index contributed by atoms with van der Waals surface area (Å²) >= 11 is 4.85. The lowest BCUT2D eigenvalue weighted by molar-refractivity contribution is 0.590. The maximum atomic E-state index is 13.4. The molecule has 0 aliphatic carbocycles. The molecule has 0 saturated carbocycles. The summed E-state index contributed by atoms with van der Waals surface area (Å²) in [6, 6.07) is 13.5. The first-order chi connectivity index (χ1) is 8.88. The van der Waals surface area contributed by atoms with Crippen LogP contribution in [0.2, 0.25) is 0 Å². The average molecular weight is 339 g/mol. The van der Waals surface area contributed by atoms with E-state index in [2.05, 4.69) is 61.0 Å². The van der Waals surface area contributed by atoms with E-state index < -0.39 is 0 Å². The summed E-state index contributed by atoms with van der Waals surface area (Å²) in [5.41, 5.74) is 1.46. The van der Waals surface area contributed by atoms with E-state index in [1.54, 1.807) is 17.8 Å². The normalized spacial score (nSPS) is 11.6. The van der Waals surface area contributed by atoms with Gasteiger partial charge in [0.15, 0.2) is 0 Å². The van der Waals surface area contributed by atoms with Gasteiger partial charge in [-0.1, -0.05) is 50.7 Å². The van der Waals surface area contributed by atoms with Crippen LogP contribution in [0.1, 0.15) is 26.3 Å². The second kappa shape index (κ2) is 5.68. The molecule has 0 aliphatic heterocycles. The van der Waals surface area contributed by atoms with Gasteiger partial charge in [0.2, 0.25) is 0 Å². The lowest BCUT2D eigenvalue weighted by Gasteiger charge is -2.19. The van der Waals surface area contributed by atoms with Crippen molar-refractivity contribution in [1.82, 2.24) is 0 Å². The van der Waals surface area contributed by atoms with Crippen molar-refractivity contribution in [3.63, 3.8) is 0 Å². The molecule has 2 aromatic carbocycles. The summed E-state index contributed by atoms with van der Waals surface area (Å²) in [6.45, 7) is 6.58. The third kappa shape index (κ3) is 3.61. The number of hydrogen-bond acceptors (Lipinski definition) is 1. The zero-order valence-electron chi connectivity index (χ0n) is 11.2. The largest absolute Gasteiger partial charge is 0.206 e. The molecule has 0 spiro atoms. The molecule has 3 heteroatoms. The van der Waals surface area contributed by atoms with Gasteiger partial charge in [0.25, 0.3) is 0 Å². The molecule has 0 amide bonds. The van der Waals surface area contributed by atoms with E-state index in [9.17, 15) is 4.39 Å². The molecule has 0 aliphatic rings. The Morgan fingerprint density at radius 3 is 2.21 bits per heavy atom. The van der Waals surface area contributed by atoms with E-state index in [1.807, 2.05) is 6.07 Å². The van der Waals surface area contributed by atoms with Crippen LogP contribution in [0.5, 0.6) is 0 Å². The van der Waals surface area contributed by atoms with Gasteiger partial charge in [0.1, 0.15) is 5.82 Å². The molecule has 0 bridgehead atoms. The third-order valence-electron chi connectivity index (χ3n) is 2.86. The van der Waals surface area contributed by atoms with Crippen LogP contribution in [0.15, 0.2) is 56.7 Å². The molecule has 0 aromatic heterocycles. The predicted molar refractivity (Wildman–Crippen MR) is 83.4 cm³/mol. The van der Waals surface area contributed by atoms with E-state index in [1.165, 1.54) is 11.6 Å². The van der Waals surface area contributed by atoms with Crippen LogP contribution in [0, 0.1) is 5.82 Å². The van der Waals surface area contributed by atoms with Crippen molar-refractivity contribution in [3.05, 3.63) is 58.3 Å². The van der Waals surface area contributed by atoms with Crippen molar-refractivity contribution in [1.29, 1.82) is 0 Å². The molecule has 0 nitrogen and oxygen atoms in total. The standard InChI is InChI=1S/C16H16BrFS/c1-16(2,3)11-7-9-12(10-8-11)19-14-6-4-5-13(18)15(14)17/h4-10H,1-3H3. The van der Waals surface area contributed by atoms with Crippen molar-refractivity contribution in [3.8, 4) is 0 Å². The van der Waals surface area contributed by atoms with Gasteiger partial charge in [-0.15, -0.1) is 0 Å². The molecule has 2 rings (SSSR count). The summed E-state index contributed by atoms with van der Waals surface area (Å²) in [5.74, 6) is -0.226. The van der Waals surface area contributed by atoms with Crippen LogP contribution >= 0.6 is 27.7 Å². The van der Waals surface area contributed by atoms with Gasteiger partial charge in [-0.2, -0.15) is 0 Å². The van der Waals surface area contributed by atoms with Crippen molar-refractivity contribution in [2.45, 2.75) is 36.0 Å². The minimum atomic E-state index is -0.226. The highest BCUT2D eigenvalue weighted by molar-refractivity contribution is 9.10. The fourth-order valence-corrected chi connectivity index (χ4v) is 3.08. The summed E-state index contributed by atoms with van der Waals surface area (Å²) in [5, 5.41) is 0. The first kappa shape index (κ1) is 14.6. The Morgan fingerprint density at radius 1 is 1.00 bits per heavy atom. The Labute approximate surface area is 126 Å². The zero-order chi connectivity index (χ0) is 14.0. The van der Waals surface area contributed by atoms with Gasteiger partial charge in [-0.05, 0) is 51.2 Å². The SMILES string of the molecule is CC(C)(C)c1ccc(Sc2cccc(F)c2Br)cc1. The van der Waals surface area contributed by atoms with E-state index in [-0.39, 0.29) is 11.2 Å². The minimum Gasteiger partial charge on any atom is -0.206 e. The van der Waals surface area contributed by atoms with Crippen LogP contribution in [0.4, 0.5) is 4.39 Å². The Bertz CT molecular complexity index is 570. The number of halogens is 2. The van der Waals surface area contributed by atoms with Gasteiger partial charge < -0.3 is 0 Å². The predicted octanol–water partition coefficient (Wildman–Crippen LogP) is 6.04. The number of benzene rings is 2. The number of hydrogen-bond donors (Lipinski definition) is 0. The minimum absolute atomic E-state index is 0.155. The fourth-order valence-electron chi connectivity index (χ4n) is 1.71. The summed E-state index contributed by atoms with van der Waals surface area (Å²) in [4.78, 5) is 2.00. The topological polar surface area (TPSA) is 0 Å². The van der Waals surface area contributed by atoms with Gasteiger partial charge in [0.05, 0.1) is 4.47 Å². The summed E-state index contributed by atoms with van der Waals surface area (Å²) in [6.07, 6.45) is 0. The molecule has 100 valence electrons. The molecule has 0 unspecified atom stereocenters. The first-order valence-electron chi connectivity index (χ1n) is 6.10. The summed E-state index contributed by atoms with van der Waals surface area (Å²) in [7, 11) is 0. The highest BCUT2D eigenvalue weighted by Gasteiger charge is 2.13. The van der Waals surface area contributed by atoms with Crippen LogP contribution < -0.4 is 0 Å². The second-order valence-electron chi connectivity index (χ2n) is 5.43. The Hall–Kier alpha value is -0.800. The molecule has 0 fully saturated rings. The van der Waals surface area contributed by atoms with E-state index in [0.717, 1.165) is 9.79 Å². The lowest BCUT2D eigenvalue weighted by atomic mass is 9.87. The first-order valence-corrected chi connectivity index (χ1v) is 7.71. The van der Waals surface area contributed by atoms with Crippen molar-refractivity contribution < 1.29 is 4.39 Å². The number of rotatable bonds is 2. The Balaban J connectivity index is 2.23. The molecular formula is C16H16BrFS. The highest BCUT2D eigenvalue weighted by Crippen LogP contribution is 2.35. The van der Waals surface area contributed by atoms with Crippen LogP contribution in [0.3, 0.4) is 0 Å². The quantitative estimate of drug-likeness (QED) is 0.643. The van der Waals surface area contributed by atoms with Gasteiger partial charge >= 0.3 is 0 Å². The van der Waals surface area contributed by atoms with Gasteiger partial charge in [-0.3, -0.25) is 0 Å². The van der Waals surface area contributed by atoms with Crippen molar-refractivity contribution in [2.75, 3.05) is 0 Å². The Kier molecular flexibility index (Phi) is 4.36. The van der Waals surface area contributed by atoms with E-state index in [0.29, 0.717) is 4.47 Å². The molecular weight excluding hydrogens is 323 g/mol. The molecule has 19 heavy (non-hydrogen) atoms. The second-order valence-corrected chi connectivity index (χ2v) is 7.34. The summed E-state index contributed by atoms with van der Waals surface area (Å²) < 4.78 is 14.0. The third-order valence-corrected chi connectivity index (χ3v) is 5.00. The van der Waals surface area contributed by atoms with Crippen LogP contribution in [0.25, 0.3) is 0 Å². The smallest absolute Gasteiger partial charge is 0.138 e. The monoisotopic (exact) mass is 338 g/mol. The van der Waals surface area contributed by atoms with E-state index in [4.69, 9.17) is 0 Å². The Morgan fingerprint density at radius 2 is 1.63 bits per heavy atom. The molecule has 0 atom stereocenters. The molecule has 0 radical (unpaired) electrons. The lowest BCUT2D eigenvalue weighted by Crippen LogP contribution is -2.10. The van der Waals surface area contributed by atoms with E-state index >= 15 is 0 Å². The maximum absolute atomic E-state index is 13.4. The van der Waals surface area contributed by atoms with Crippen LogP contribution in [-0.2, 0) is 5.41 Å². The van der Waals surface area contributed by atoms with Crippen molar-refractivity contribution in [2.24, 2.45) is 0 Å². The van der Waals surface area contributed by atoms with Gasteiger partial charge in [0, 0.05) is 9.79 Å². The molecule has 0 heterocycles. The van der Waals surface area contributed by atoms with Crippen molar-refractivity contribution >= 4 is 27.7 Å². The van der Waals surface area contributed by atoms with Crippen LogP contribution in [-0.4, -0.2) is 0 Å². The maximum Gasteiger partial charge on any atom is 0.138 e. The zero-order valence-corrected chi connectivity index (χ0v) is 13.6. The average Bonchev–Trinajstić information content (AvgIpc) is 2.35. The molecule has 0 saturated heterocycles. The molecule has 0 N–H and O–H groups in total. The highest BCUT2D eigenvalue weighted by atomic mass is 79.9.